The van der Waals surface area contributed by atoms with Crippen molar-refractivity contribution in [2.24, 2.45) is 0 Å². The van der Waals surface area contributed by atoms with Crippen LogP contribution in [0.4, 0.5) is 0 Å². The van der Waals surface area contributed by atoms with E-state index in [1.54, 1.807) is 25.1 Å². The molecule has 0 bridgehead atoms. The molecule has 0 spiro atoms. The average Bonchev–Trinajstić information content (AvgIpc) is 2.72. The molecule has 158 valence electrons. The quantitative estimate of drug-likeness (QED) is 0.495. The van der Waals surface area contributed by atoms with E-state index < -0.39 is 25.0 Å². The molecule has 0 heterocycles. The summed E-state index contributed by atoms with van der Waals surface area (Å²) >= 11 is 0. The zero-order valence-electron chi connectivity index (χ0n) is 16.7. The molecule has 0 aliphatic rings. The Morgan fingerprint density at radius 2 is 1.43 bits per heavy atom. The predicted molar refractivity (Wildman–Crippen MR) is 115 cm³/mol. The third-order valence-electron chi connectivity index (χ3n) is 4.56. The van der Waals surface area contributed by atoms with E-state index >= 15 is 0 Å². The second-order valence-electron chi connectivity index (χ2n) is 6.86. The van der Waals surface area contributed by atoms with Crippen molar-refractivity contribution in [2.45, 2.75) is 23.1 Å². The minimum atomic E-state index is -4.35. The van der Waals surface area contributed by atoms with Gasteiger partial charge in [0.25, 0.3) is 0 Å². The Hall–Kier alpha value is -2.68. The fourth-order valence-corrected chi connectivity index (χ4v) is 5.80. The lowest BCUT2D eigenvalue weighted by Gasteiger charge is -2.19. The summed E-state index contributed by atoms with van der Waals surface area (Å²) in [5.41, 5.74) is 1.81. The Kier molecular flexibility index (Phi) is 6.60. The average molecular weight is 446 g/mol. The van der Waals surface area contributed by atoms with Gasteiger partial charge in [-0.05, 0) is 48.7 Å². The normalized spacial score (nSPS) is 12.1. The molecule has 3 aromatic carbocycles. The SMILES string of the molecule is Cc1cccc(OS(=O)(=O)c2ccccc2S(=O)(=O)N(C)CCc2ccccc2)c1. The van der Waals surface area contributed by atoms with E-state index in [1.807, 2.05) is 30.3 Å². The Morgan fingerprint density at radius 1 is 0.800 bits per heavy atom. The Balaban J connectivity index is 1.89. The third-order valence-corrected chi connectivity index (χ3v) is 7.91. The summed E-state index contributed by atoms with van der Waals surface area (Å²) in [4.78, 5) is -0.703. The fourth-order valence-electron chi connectivity index (χ4n) is 2.93. The summed E-state index contributed by atoms with van der Waals surface area (Å²) in [5.74, 6) is 0.125. The molecule has 8 heteroatoms. The van der Waals surface area contributed by atoms with Gasteiger partial charge in [0.05, 0.1) is 0 Å². The van der Waals surface area contributed by atoms with Gasteiger partial charge in [0.2, 0.25) is 10.0 Å². The molecule has 0 atom stereocenters. The number of benzene rings is 3. The molecule has 3 rings (SSSR count). The van der Waals surface area contributed by atoms with E-state index in [2.05, 4.69) is 0 Å². The maximum absolute atomic E-state index is 13.1. The van der Waals surface area contributed by atoms with Gasteiger partial charge in [0, 0.05) is 13.6 Å². The van der Waals surface area contributed by atoms with Crippen LogP contribution in [-0.2, 0) is 26.6 Å². The summed E-state index contributed by atoms with van der Waals surface area (Å²) in [5, 5.41) is 0. The van der Waals surface area contributed by atoms with Crippen molar-refractivity contribution >= 4 is 20.1 Å². The van der Waals surface area contributed by atoms with Gasteiger partial charge in [-0.1, -0.05) is 54.6 Å². The summed E-state index contributed by atoms with van der Waals surface area (Å²) in [6.45, 7) is 2.01. The highest BCUT2D eigenvalue weighted by atomic mass is 32.2. The maximum atomic E-state index is 13.1. The molecule has 0 saturated heterocycles. The van der Waals surface area contributed by atoms with E-state index in [0.29, 0.717) is 6.42 Å². The topological polar surface area (TPSA) is 80.8 Å². The van der Waals surface area contributed by atoms with Gasteiger partial charge in [0.15, 0.2) is 0 Å². The maximum Gasteiger partial charge on any atom is 0.340 e. The van der Waals surface area contributed by atoms with Gasteiger partial charge in [0.1, 0.15) is 15.5 Å². The second-order valence-corrected chi connectivity index (χ2v) is 10.4. The predicted octanol–water partition coefficient (Wildman–Crippen LogP) is 3.63. The first-order chi connectivity index (χ1) is 14.2. The molecular weight excluding hydrogens is 422 g/mol. The van der Waals surface area contributed by atoms with E-state index in [4.69, 9.17) is 4.18 Å². The summed E-state index contributed by atoms with van der Waals surface area (Å²) < 4.78 is 58.4. The van der Waals surface area contributed by atoms with E-state index in [-0.39, 0.29) is 17.2 Å². The largest absolute Gasteiger partial charge is 0.379 e. The van der Waals surface area contributed by atoms with Gasteiger partial charge >= 0.3 is 10.1 Å². The summed E-state index contributed by atoms with van der Waals surface area (Å²) in [6.07, 6.45) is 0.505. The number of hydrogen-bond donors (Lipinski definition) is 0. The number of sulfonamides is 1. The van der Waals surface area contributed by atoms with Crippen molar-refractivity contribution in [1.82, 2.24) is 4.31 Å². The minimum absolute atomic E-state index is 0.125. The minimum Gasteiger partial charge on any atom is -0.379 e. The van der Waals surface area contributed by atoms with Crippen LogP contribution in [0.25, 0.3) is 0 Å². The zero-order valence-corrected chi connectivity index (χ0v) is 18.4. The first-order valence-electron chi connectivity index (χ1n) is 9.30. The van der Waals surface area contributed by atoms with Gasteiger partial charge in [-0.15, -0.1) is 0 Å². The number of rotatable bonds is 8. The monoisotopic (exact) mass is 445 g/mol. The van der Waals surface area contributed by atoms with Crippen molar-refractivity contribution in [3.8, 4) is 5.75 Å². The third kappa shape index (κ3) is 5.08. The standard InChI is InChI=1S/C22H23NO5S2/c1-18-9-8-12-20(17-18)28-30(26,27)22-14-7-6-13-21(22)29(24,25)23(2)16-15-19-10-4-3-5-11-19/h3-14,17H,15-16H2,1-2H3. The van der Waals surface area contributed by atoms with E-state index in [0.717, 1.165) is 15.4 Å². The highest BCUT2D eigenvalue weighted by molar-refractivity contribution is 7.91. The fraction of sp³-hybridized carbons (Fsp3) is 0.182. The molecule has 0 aromatic heterocycles. The molecule has 3 aromatic rings. The molecule has 30 heavy (non-hydrogen) atoms. The van der Waals surface area contributed by atoms with Crippen LogP contribution >= 0.6 is 0 Å². The Bertz CT molecular complexity index is 1220. The number of aryl methyl sites for hydroxylation is 1. The zero-order chi connectivity index (χ0) is 21.8. The summed E-state index contributed by atoms with van der Waals surface area (Å²) in [6, 6.07) is 21.5. The smallest absolute Gasteiger partial charge is 0.340 e. The molecule has 0 radical (unpaired) electrons. The van der Waals surface area contributed by atoms with Crippen LogP contribution in [-0.4, -0.2) is 34.7 Å². The highest BCUT2D eigenvalue weighted by Gasteiger charge is 2.30. The molecular formula is C22H23NO5S2. The highest BCUT2D eigenvalue weighted by Crippen LogP contribution is 2.27. The van der Waals surface area contributed by atoms with Crippen molar-refractivity contribution in [1.29, 1.82) is 0 Å². The molecule has 0 fully saturated rings. The van der Waals surface area contributed by atoms with Gasteiger partial charge < -0.3 is 4.18 Å². The van der Waals surface area contributed by atoms with Crippen LogP contribution in [0, 0.1) is 6.92 Å². The molecule has 0 unspecified atom stereocenters. The first-order valence-corrected chi connectivity index (χ1v) is 12.2. The number of likely N-dealkylation sites (N-methyl/N-ethyl adjacent to an activating group) is 1. The van der Waals surface area contributed by atoms with Crippen LogP contribution in [0.1, 0.15) is 11.1 Å². The van der Waals surface area contributed by atoms with E-state index in [9.17, 15) is 16.8 Å². The lowest BCUT2D eigenvalue weighted by Crippen LogP contribution is -2.30. The number of nitrogens with zero attached hydrogens (tertiary/aromatic N) is 1. The lowest BCUT2D eigenvalue weighted by atomic mass is 10.2. The van der Waals surface area contributed by atoms with Crippen LogP contribution in [0.2, 0.25) is 0 Å². The molecule has 6 nitrogen and oxygen atoms in total. The van der Waals surface area contributed by atoms with Crippen LogP contribution in [0.3, 0.4) is 0 Å². The Labute approximate surface area is 177 Å². The van der Waals surface area contributed by atoms with Gasteiger partial charge in [-0.2, -0.15) is 8.42 Å². The molecule has 0 saturated carbocycles. The molecule has 0 N–H and O–H groups in total. The van der Waals surface area contributed by atoms with Gasteiger partial charge in [-0.25, -0.2) is 12.7 Å². The molecule has 0 amide bonds. The van der Waals surface area contributed by atoms with Gasteiger partial charge in [-0.3, -0.25) is 0 Å². The molecule has 0 aliphatic heterocycles. The van der Waals surface area contributed by atoms with Crippen LogP contribution < -0.4 is 4.18 Å². The van der Waals surface area contributed by atoms with Crippen LogP contribution in [0.5, 0.6) is 5.75 Å². The van der Waals surface area contributed by atoms with Crippen molar-refractivity contribution in [3.63, 3.8) is 0 Å². The molecule has 0 aliphatic carbocycles. The lowest BCUT2D eigenvalue weighted by molar-refractivity contribution is 0.464. The Morgan fingerprint density at radius 3 is 2.10 bits per heavy atom. The first kappa shape index (κ1) is 22.0. The summed E-state index contributed by atoms with van der Waals surface area (Å²) in [7, 11) is -6.97. The van der Waals surface area contributed by atoms with Crippen molar-refractivity contribution in [2.75, 3.05) is 13.6 Å². The number of hydrogen-bond acceptors (Lipinski definition) is 5. The van der Waals surface area contributed by atoms with Crippen molar-refractivity contribution < 1.29 is 21.0 Å². The van der Waals surface area contributed by atoms with Crippen LogP contribution in [0.15, 0.2) is 88.7 Å². The second kappa shape index (κ2) is 8.99. The van der Waals surface area contributed by atoms with E-state index in [1.165, 1.54) is 37.4 Å². The van der Waals surface area contributed by atoms with Crippen molar-refractivity contribution in [3.05, 3.63) is 90.0 Å².